The summed E-state index contributed by atoms with van der Waals surface area (Å²) in [6.07, 6.45) is 1.14. The lowest BCUT2D eigenvalue weighted by molar-refractivity contribution is -0.196. The molecule has 0 saturated heterocycles. The molecule has 0 aliphatic rings. The third kappa shape index (κ3) is 17.4. The first-order valence-corrected chi connectivity index (χ1v) is 28.2. The summed E-state index contributed by atoms with van der Waals surface area (Å²) in [6.45, 7) is 30.8. The number of carbonyl (C=O) groups excluding carboxylic acids is 1. The first-order chi connectivity index (χ1) is 16.5. The molecule has 0 bridgehead atoms. The Morgan fingerprint density at radius 1 is 0.784 bits per heavy atom. The van der Waals surface area contributed by atoms with Crippen LogP contribution in [-0.2, 0) is 30.7 Å². The van der Waals surface area contributed by atoms with Gasteiger partial charge in [-0.15, -0.1) is 0 Å². The number of hydrogen-bond donors (Lipinski definition) is 1. The van der Waals surface area contributed by atoms with Gasteiger partial charge in [0.2, 0.25) is 6.29 Å². The molecule has 0 spiro atoms. The van der Waals surface area contributed by atoms with Crippen LogP contribution < -0.4 is 0 Å². The van der Waals surface area contributed by atoms with Crippen molar-refractivity contribution < 1.29 is 35.8 Å². The van der Waals surface area contributed by atoms with E-state index in [0.29, 0.717) is 6.61 Å². The standard InChI is InChI=1S/C24H56O8Si5/c1-15-16-19-33(5,6)29-35(9,10)31-37(13,14)32-36(11,12)30-34(7,8)20-17-18-27-24(22(4)25)28-23(26)21(2)3/h22,24-25H,2,15-20H2,1,3-14H3. The van der Waals surface area contributed by atoms with Crippen LogP contribution in [0.25, 0.3) is 0 Å². The van der Waals surface area contributed by atoms with Gasteiger partial charge in [-0.3, -0.25) is 0 Å². The highest BCUT2D eigenvalue weighted by atomic mass is 28.5. The Bertz CT molecular complexity index is 726. The molecule has 0 radical (unpaired) electrons. The van der Waals surface area contributed by atoms with E-state index in [1.54, 1.807) is 6.92 Å². The Morgan fingerprint density at radius 2 is 1.19 bits per heavy atom. The molecule has 13 heteroatoms. The van der Waals surface area contributed by atoms with Gasteiger partial charge in [-0.2, -0.15) is 0 Å². The molecular weight excluding hydrogens is 557 g/mol. The van der Waals surface area contributed by atoms with Crippen molar-refractivity contribution in [3.05, 3.63) is 12.2 Å². The van der Waals surface area contributed by atoms with Gasteiger partial charge in [-0.1, -0.05) is 26.3 Å². The average Bonchev–Trinajstić information content (AvgIpc) is 2.64. The maximum absolute atomic E-state index is 11.8. The SMILES string of the molecule is C=C(C)C(=O)OC(OCCC[Si](C)(C)O[Si](C)(C)O[Si](C)(C)O[Si](C)(C)O[Si](C)(C)CCCC)C(C)O. The lowest BCUT2D eigenvalue weighted by Crippen LogP contribution is -2.58. The van der Waals surface area contributed by atoms with E-state index in [2.05, 4.69) is 79.0 Å². The van der Waals surface area contributed by atoms with E-state index >= 15 is 0 Å². The molecule has 0 rings (SSSR count). The fourth-order valence-electron chi connectivity index (χ4n) is 4.46. The zero-order chi connectivity index (χ0) is 29.3. The molecule has 0 heterocycles. The molecule has 0 saturated carbocycles. The summed E-state index contributed by atoms with van der Waals surface area (Å²) in [7, 11) is -11.2. The number of aliphatic hydroxyl groups is 1. The van der Waals surface area contributed by atoms with Gasteiger partial charge in [-0.25, -0.2) is 4.79 Å². The van der Waals surface area contributed by atoms with Gasteiger partial charge in [0.15, 0.2) is 16.6 Å². The fraction of sp³-hybridized carbons (Fsp3) is 0.875. The molecule has 1 N–H and O–H groups in total. The van der Waals surface area contributed by atoms with E-state index in [4.69, 9.17) is 25.9 Å². The first-order valence-electron chi connectivity index (χ1n) is 13.5. The molecule has 220 valence electrons. The van der Waals surface area contributed by atoms with Gasteiger partial charge in [0, 0.05) is 5.57 Å². The first kappa shape index (κ1) is 37.1. The van der Waals surface area contributed by atoms with Crippen molar-refractivity contribution in [2.45, 2.75) is 130 Å². The van der Waals surface area contributed by atoms with Crippen LogP contribution in [0.2, 0.25) is 77.6 Å². The van der Waals surface area contributed by atoms with E-state index in [1.807, 2.05) is 0 Å². The van der Waals surface area contributed by atoms with Gasteiger partial charge in [-0.05, 0) is 97.8 Å². The number of rotatable bonds is 19. The number of ether oxygens (including phenoxy) is 2. The average molecular weight is 613 g/mol. The summed E-state index contributed by atoms with van der Waals surface area (Å²) in [5, 5.41) is 9.87. The van der Waals surface area contributed by atoms with Crippen LogP contribution in [0.15, 0.2) is 12.2 Å². The molecule has 8 nitrogen and oxygen atoms in total. The van der Waals surface area contributed by atoms with Crippen molar-refractivity contribution in [1.29, 1.82) is 0 Å². The summed E-state index contributed by atoms with van der Waals surface area (Å²) in [4.78, 5) is 11.8. The molecule has 2 unspecified atom stereocenters. The van der Waals surface area contributed by atoms with Crippen LogP contribution in [-0.4, -0.2) is 72.4 Å². The Balaban J connectivity index is 4.91. The molecule has 0 aromatic carbocycles. The van der Waals surface area contributed by atoms with Crippen molar-refractivity contribution in [3.8, 4) is 0 Å². The molecule has 0 aliphatic carbocycles. The highest BCUT2D eigenvalue weighted by molar-refractivity contribution is 6.90. The second-order valence-electron chi connectivity index (χ2n) is 12.5. The zero-order valence-corrected chi connectivity index (χ0v) is 30.9. The van der Waals surface area contributed by atoms with Gasteiger partial charge in [0.05, 0.1) is 6.61 Å². The van der Waals surface area contributed by atoms with Crippen LogP contribution in [0.3, 0.4) is 0 Å². The smallest absolute Gasteiger partial charge is 0.335 e. The Labute approximate surface area is 232 Å². The number of unbranched alkanes of at least 4 members (excludes halogenated alkanes) is 1. The number of aliphatic hydroxyl groups excluding tert-OH is 1. The molecule has 0 aliphatic heterocycles. The predicted octanol–water partition coefficient (Wildman–Crippen LogP) is 6.60. The summed E-state index contributed by atoms with van der Waals surface area (Å²) < 4.78 is 37.4. The second kappa shape index (κ2) is 15.2. The topological polar surface area (TPSA) is 92.7 Å². The van der Waals surface area contributed by atoms with E-state index in [0.717, 1.165) is 18.5 Å². The monoisotopic (exact) mass is 612 g/mol. The van der Waals surface area contributed by atoms with Crippen molar-refractivity contribution in [2.24, 2.45) is 0 Å². The maximum atomic E-state index is 11.8. The Kier molecular flexibility index (Phi) is 15.2. The summed E-state index contributed by atoms with van der Waals surface area (Å²) >= 11 is 0. The quantitative estimate of drug-likeness (QED) is 0.0573. The summed E-state index contributed by atoms with van der Waals surface area (Å²) in [6, 6.07) is 1.99. The van der Waals surface area contributed by atoms with E-state index in [9.17, 15) is 9.90 Å². The van der Waals surface area contributed by atoms with Crippen LogP contribution in [0.4, 0.5) is 0 Å². The molecule has 0 amide bonds. The van der Waals surface area contributed by atoms with Gasteiger partial charge >= 0.3 is 31.7 Å². The van der Waals surface area contributed by atoms with E-state index < -0.39 is 60.7 Å². The van der Waals surface area contributed by atoms with Gasteiger partial charge < -0.3 is 31.0 Å². The minimum atomic E-state index is -2.49. The van der Waals surface area contributed by atoms with Crippen LogP contribution in [0, 0.1) is 0 Å². The summed E-state index contributed by atoms with van der Waals surface area (Å²) in [5.74, 6) is -0.577. The lowest BCUT2D eigenvalue weighted by atomic mass is 10.3. The molecule has 0 aromatic heterocycles. The third-order valence-electron chi connectivity index (χ3n) is 5.33. The zero-order valence-electron chi connectivity index (χ0n) is 25.9. The number of esters is 1. The fourth-order valence-corrected chi connectivity index (χ4v) is 29.2. The minimum absolute atomic E-state index is 0.263. The van der Waals surface area contributed by atoms with Gasteiger partial charge in [0.25, 0.3) is 0 Å². The van der Waals surface area contributed by atoms with Gasteiger partial charge in [0.1, 0.15) is 6.10 Å². The Hall–Kier alpha value is 0.0544. The van der Waals surface area contributed by atoms with E-state index in [1.165, 1.54) is 19.8 Å². The van der Waals surface area contributed by atoms with Crippen LogP contribution >= 0.6 is 0 Å². The van der Waals surface area contributed by atoms with Crippen molar-refractivity contribution >= 4 is 48.3 Å². The normalized spacial score (nSPS) is 15.4. The predicted molar refractivity (Wildman–Crippen MR) is 163 cm³/mol. The second-order valence-corrected chi connectivity index (χ2v) is 32.2. The maximum Gasteiger partial charge on any atom is 0.335 e. The highest BCUT2D eigenvalue weighted by Gasteiger charge is 2.45. The molecule has 0 fully saturated rings. The number of carbonyl (C=O) groups is 1. The highest BCUT2D eigenvalue weighted by Crippen LogP contribution is 2.28. The molecular formula is C24H56O8Si5. The van der Waals surface area contributed by atoms with Crippen LogP contribution in [0.1, 0.15) is 40.0 Å². The molecule has 37 heavy (non-hydrogen) atoms. The Morgan fingerprint density at radius 3 is 1.57 bits per heavy atom. The number of hydrogen-bond acceptors (Lipinski definition) is 8. The molecule has 2 atom stereocenters. The van der Waals surface area contributed by atoms with Crippen molar-refractivity contribution in [1.82, 2.24) is 0 Å². The third-order valence-corrected chi connectivity index (χ3v) is 24.7. The van der Waals surface area contributed by atoms with Crippen molar-refractivity contribution in [2.75, 3.05) is 6.61 Å². The molecule has 0 aromatic rings. The largest absolute Gasteiger partial charge is 0.436 e. The van der Waals surface area contributed by atoms with Crippen molar-refractivity contribution in [3.63, 3.8) is 0 Å². The van der Waals surface area contributed by atoms with Crippen LogP contribution in [0.5, 0.6) is 0 Å². The van der Waals surface area contributed by atoms with E-state index in [-0.39, 0.29) is 5.57 Å². The summed E-state index contributed by atoms with van der Waals surface area (Å²) in [5.41, 5.74) is 0.263. The minimum Gasteiger partial charge on any atom is -0.436 e. The lowest BCUT2D eigenvalue weighted by Gasteiger charge is -2.42.